The number of nitriles is 1. The van der Waals surface area contributed by atoms with Gasteiger partial charge in [0.1, 0.15) is 5.76 Å². The fourth-order valence-corrected chi connectivity index (χ4v) is 9.31. The molecule has 4 rings (SSSR count). The molecule has 3 fully saturated rings. The number of hydrogen-bond acceptors (Lipinski definition) is 2. The molecule has 2 nitrogen and oxygen atoms in total. The summed E-state index contributed by atoms with van der Waals surface area (Å²) in [6, 6.07) is 2.52. The standard InChI is InChI=1S/C29H47NO/c1-19(2)8-7-9-20(3)24-12-13-25-23-11-10-22-16-27(31-6)21(18-30)17-29(22,5)26(23)14-15-28(24,25)4/h19-20,22-26H,7-17H2,1-6H3/t20-,22-,23+,24-,25+,26+,28-,29+/m1/s1. The third-order valence-electron chi connectivity index (χ3n) is 11.0. The van der Waals surface area contributed by atoms with Gasteiger partial charge in [-0.3, -0.25) is 0 Å². The number of methoxy groups -OCH3 is 1. The van der Waals surface area contributed by atoms with Gasteiger partial charge in [0.2, 0.25) is 0 Å². The van der Waals surface area contributed by atoms with E-state index in [-0.39, 0.29) is 0 Å². The van der Waals surface area contributed by atoms with Crippen molar-refractivity contribution in [3.05, 3.63) is 11.3 Å². The van der Waals surface area contributed by atoms with Crippen molar-refractivity contribution in [2.24, 2.45) is 52.3 Å². The Bertz CT molecular complexity index is 732. The second kappa shape index (κ2) is 8.76. The zero-order valence-electron chi connectivity index (χ0n) is 21.2. The van der Waals surface area contributed by atoms with E-state index in [1.54, 1.807) is 7.11 Å². The maximum Gasteiger partial charge on any atom is 0.109 e. The maximum atomic E-state index is 9.80. The van der Waals surface area contributed by atoms with Gasteiger partial charge in [0.15, 0.2) is 0 Å². The molecular weight excluding hydrogens is 378 g/mol. The number of fused-ring (bicyclic) bond motifs is 5. The molecule has 0 radical (unpaired) electrons. The summed E-state index contributed by atoms with van der Waals surface area (Å²) in [6.45, 7) is 12.5. The smallest absolute Gasteiger partial charge is 0.109 e. The van der Waals surface area contributed by atoms with Gasteiger partial charge in [0.25, 0.3) is 0 Å². The van der Waals surface area contributed by atoms with Crippen LogP contribution in [0.2, 0.25) is 0 Å². The van der Waals surface area contributed by atoms with Crippen molar-refractivity contribution in [2.45, 2.75) is 105 Å². The highest BCUT2D eigenvalue weighted by Gasteiger charge is 2.60. The van der Waals surface area contributed by atoms with Gasteiger partial charge in [0, 0.05) is 6.42 Å². The summed E-state index contributed by atoms with van der Waals surface area (Å²) in [7, 11) is 1.76. The topological polar surface area (TPSA) is 33.0 Å². The van der Waals surface area contributed by atoms with Crippen LogP contribution in [0.3, 0.4) is 0 Å². The molecule has 3 saturated carbocycles. The number of nitrogens with zero attached hydrogens (tertiary/aromatic N) is 1. The Morgan fingerprint density at radius 2 is 1.74 bits per heavy atom. The molecule has 0 unspecified atom stereocenters. The largest absolute Gasteiger partial charge is 0.500 e. The predicted octanol–water partition coefficient (Wildman–Crippen LogP) is 8.14. The summed E-state index contributed by atoms with van der Waals surface area (Å²) in [5.41, 5.74) is 1.80. The van der Waals surface area contributed by atoms with Gasteiger partial charge in [-0.1, -0.05) is 53.9 Å². The van der Waals surface area contributed by atoms with Crippen molar-refractivity contribution < 1.29 is 4.74 Å². The van der Waals surface area contributed by atoms with E-state index in [1.165, 1.54) is 57.8 Å². The third-order valence-corrected chi connectivity index (χ3v) is 11.0. The highest BCUT2D eigenvalue weighted by Crippen LogP contribution is 2.68. The first-order chi connectivity index (χ1) is 14.7. The lowest BCUT2D eigenvalue weighted by atomic mass is 9.44. The quantitative estimate of drug-likeness (QED) is 0.430. The van der Waals surface area contributed by atoms with Crippen LogP contribution in [0.1, 0.15) is 105 Å². The summed E-state index contributed by atoms with van der Waals surface area (Å²) >= 11 is 0. The Labute approximate surface area is 192 Å². The molecule has 31 heavy (non-hydrogen) atoms. The molecule has 0 aromatic rings. The molecule has 0 bridgehead atoms. The van der Waals surface area contributed by atoms with Gasteiger partial charge in [-0.05, 0) is 97.2 Å². The van der Waals surface area contributed by atoms with E-state index in [0.717, 1.165) is 59.7 Å². The molecular formula is C29H47NO. The van der Waals surface area contributed by atoms with Gasteiger partial charge >= 0.3 is 0 Å². The molecule has 4 aliphatic rings. The lowest BCUT2D eigenvalue weighted by molar-refractivity contribution is -0.105. The van der Waals surface area contributed by atoms with E-state index >= 15 is 0 Å². The van der Waals surface area contributed by atoms with Gasteiger partial charge in [-0.25, -0.2) is 0 Å². The fraction of sp³-hybridized carbons (Fsp3) is 0.897. The minimum Gasteiger partial charge on any atom is -0.500 e. The molecule has 2 heteroatoms. The van der Waals surface area contributed by atoms with E-state index in [1.807, 2.05) is 0 Å². The van der Waals surface area contributed by atoms with Crippen LogP contribution in [0.25, 0.3) is 0 Å². The second-order valence-corrected chi connectivity index (χ2v) is 12.8. The van der Waals surface area contributed by atoms with Crippen LogP contribution in [0, 0.1) is 63.6 Å². The molecule has 0 amide bonds. The monoisotopic (exact) mass is 425 g/mol. The Balaban J connectivity index is 1.51. The van der Waals surface area contributed by atoms with Crippen molar-refractivity contribution in [3.63, 3.8) is 0 Å². The third kappa shape index (κ3) is 3.87. The number of rotatable bonds is 6. The molecule has 8 atom stereocenters. The van der Waals surface area contributed by atoms with Crippen LogP contribution >= 0.6 is 0 Å². The SMILES string of the molecule is COC1=C(C#N)C[C@@]2(C)[C@H](CC[C@@H]3[C@@H]2CC[C@]2(C)[C@@H]([C@H](C)CCCC(C)C)CC[C@@H]32)C1. The van der Waals surface area contributed by atoms with Gasteiger partial charge < -0.3 is 4.74 Å². The molecule has 0 N–H and O–H groups in total. The lowest BCUT2D eigenvalue weighted by Gasteiger charge is -2.60. The predicted molar refractivity (Wildman–Crippen MR) is 128 cm³/mol. The summed E-state index contributed by atoms with van der Waals surface area (Å²) in [4.78, 5) is 0. The van der Waals surface area contributed by atoms with Gasteiger partial charge in [-0.2, -0.15) is 5.26 Å². The highest BCUT2D eigenvalue weighted by molar-refractivity contribution is 5.31. The number of allylic oxidation sites excluding steroid dienone is 2. The summed E-state index contributed by atoms with van der Waals surface area (Å²) < 4.78 is 5.65. The Morgan fingerprint density at radius 1 is 1.00 bits per heavy atom. The van der Waals surface area contributed by atoms with E-state index in [0.29, 0.717) is 16.7 Å². The van der Waals surface area contributed by atoms with Gasteiger partial charge in [-0.15, -0.1) is 0 Å². The molecule has 0 aromatic carbocycles. The van der Waals surface area contributed by atoms with Crippen LogP contribution in [-0.4, -0.2) is 7.11 Å². The minimum absolute atomic E-state index is 0.304. The Morgan fingerprint density at radius 3 is 2.42 bits per heavy atom. The normalized spacial score (nSPS) is 43.1. The van der Waals surface area contributed by atoms with Crippen molar-refractivity contribution in [1.82, 2.24) is 0 Å². The molecule has 174 valence electrons. The summed E-state index contributed by atoms with van der Waals surface area (Å²) in [5, 5.41) is 9.80. The average Bonchev–Trinajstić information content (AvgIpc) is 3.09. The van der Waals surface area contributed by atoms with Crippen LogP contribution in [0.4, 0.5) is 0 Å². The fourth-order valence-electron chi connectivity index (χ4n) is 9.31. The van der Waals surface area contributed by atoms with Gasteiger partial charge in [0.05, 0.1) is 18.8 Å². The first-order valence-corrected chi connectivity index (χ1v) is 13.4. The molecule has 0 aliphatic heterocycles. The molecule has 0 aromatic heterocycles. The van der Waals surface area contributed by atoms with E-state index in [4.69, 9.17) is 4.74 Å². The number of ether oxygens (including phenoxy) is 1. The molecule has 4 aliphatic carbocycles. The zero-order valence-corrected chi connectivity index (χ0v) is 21.2. The van der Waals surface area contributed by atoms with Crippen LogP contribution < -0.4 is 0 Å². The van der Waals surface area contributed by atoms with Crippen LogP contribution in [-0.2, 0) is 4.74 Å². The first-order valence-electron chi connectivity index (χ1n) is 13.4. The van der Waals surface area contributed by atoms with Crippen LogP contribution in [0.15, 0.2) is 11.3 Å². The van der Waals surface area contributed by atoms with E-state index in [2.05, 4.69) is 40.7 Å². The Kier molecular flexibility index (Phi) is 6.55. The first kappa shape index (κ1) is 23.2. The second-order valence-electron chi connectivity index (χ2n) is 12.8. The molecule has 0 heterocycles. The van der Waals surface area contributed by atoms with E-state index in [9.17, 15) is 5.26 Å². The van der Waals surface area contributed by atoms with Crippen molar-refractivity contribution >= 4 is 0 Å². The summed E-state index contributed by atoms with van der Waals surface area (Å²) in [6.07, 6.45) is 14.7. The molecule has 0 spiro atoms. The van der Waals surface area contributed by atoms with Crippen LogP contribution in [0.5, 0.6) is 0 Å². The zero-order chi connectivity index (χ0) is 22.4. The highest BCUT2D eigenvalue weighted by atomic mass is 16.5. The Hall–Kier alpha value is -0.970. The van der Waals surface area contributed by atoms with E-state index < -0.39 is 0 Å². The maximum absolute atomic E-state index is 9.80. The lowest BCUT2D eigenvalue weighted by Crippen LogP contribution is -2.53. The molecule has 0 saturated heterocycles. The van der Waals surface area contributed by atoms with Crippen molar-refractivity contribution in [1.29, 1.82) is 5.26 Å². The number of hydrogen-bond donors (Lipinski definition) is 0. The van der Waals surface area contributed by atoms with Crippen molar-refractivity contribution in [3.8, 4) is 6.07 Å². The summed E-state index contributed by atoms with van der Waals surface area (Å²) in [5.74, 6) is 6.95. The minimum atomic E-state index is 0.304. The van der Waals surface area contributed by atoms with Crippen molar-refractivity contribution in [2.75, 3.05) is 7.11 Å². The average molecular weight is 426 g/mol.